The highest BCUT2D eigenvalue weighted by Crippen LogP contribution is 2.75. The second kappa shape index (κ2) is 16.5. The summed E-state index contributed by atoms with van der Waals surface area (Å²) in [5, 5.41) is 0. The quantitative estimate of drug-likeness (QED) is 0.150. The third-order valence-electron chi connectivity index (χ3n) is 18.1. The highest BCUT2D eigenvalue weighted by atomic mass is 15.2. The summed E-state index contributed by atoms with van der Waals surface area (Å²) in [6.07, 6.45) is 4.78. The molecule has 16 rings (SSSR count). The zero-order chi connectivity index (χ0) is 50.1. The van der Waals surface area contributed by atoms with Gasteiger partial charge in [0.05, 0.1) is 16.5 Å². The van der Waals surface area contributed by atoms with Crippen molar-refractivity contribution in [2.75, 3.05) is 9.80 Å². The van der Waals surface area contributed by atoms with Crippen LogP contribution in [0.15, 0.2) is 278 Å². The van der Waals surface area contributed by atoms with Gasteiger partial charge in [-0.2, -0.15) is 0 Å². The van der Waals surface area contributed by atoms with Crippen LogP contribution in [0.5, 0.6) is 0 Å². The molecule has 6 aliphatic rings. The predicted octanol–water partition coefficient (Wildman–Crippen LogP) is 18.4. The van der Waals surface area contributed by atoms with E-state index in [0.717, 1.165) is 29.2 Å². The van der Waals surface area contributed by atoms with Crippen molar-refractivity contribution in [3.63, 3.8) is 0 Å². The summed E-state index contributed by atoms with van der Waals surface area (Å²) >= 11 is 0. The van der Waals surface area contributed by atoms with Gasteiger partial charge in [-0.1, -0.05) is 213 Å². The highest BCUT2D eigenvalue weighted by molar-refractivity contribution is 6.15. The maximum Gasteiger partial charge on any atom is 0.0746 e. The topological polar surface area (TPSA) is 6.48 Å². The van der Waals surface area contributed by atoms with Crippen molar-refractivity contribution < 1.29 is 0 Å². The molecule has 1 saturated carbocycles. The SMILES string of the molecule is CC1CC2=C(C=C1N(c1ccccc1)c1ccc3c(c1)C(c1ccccc1)(c1ccccc1)c1ccccc1-3)C1(C3=C(c4cccc(N(c5ccccc5)c5ccccc5)c41)C1CC1c1ccccc13)c1ccccc12. The fourth-order valence-electron chi connectivity index (χ4n) is 15.2. The van der Waals surface area contributed by atoms with Crippen LogP contribution in [0.25, 0.3) is 27.8 Å². The van der Waals surface area contributed by atoms with Crippen molar-refractivity contribution in [1.29, 1.82) is 0 Å². The number of fused-ring (bicyclic) bond motifs is 16. The van der Waals surface area contributed by atoms with E-state index in [4.69, 9.17) is 0 Å². The smallest absolute Gasteiger partial charge is 0.0746 e. The zero-order valence-electron chi connectivity index (χ0n) is 42.4. The Kier molecular flexibility index (Phi) is 9.43. The summed E-state index contributed by atoms with van der Waals surface area (Å²) < 4.78 is 0. The second-order valence-electron chi connectivity index (χ2n) is 21.8. The first-order valence-corrected chi connectivity index (χ1v) is 27.3. The number of hydrogen-bond acceptors (Lipinski definition) is 2. The lowest BCUT2D eigenvalue weighted by molar-refractivity contribution is 0.669. The van der Waals surface area contributed by atoms with Crippen LogP contribution in [0.2, 0.25) is 0 Å². The van der Waals surface area contributed by atoms with Gasteiger partial charge in [-0.25, -0.2) is 0 Å². The largest absolute Gasteiger partial charge is 0.314 e. The third kappa shape index (κ3) is 5.87. The maximum absolute atomic E-state index is 2.69. The van der Waals surface area contributed by atoms with Crippen LogP contribution in [-0.4, -0.2) is 0 Å². The Labute approximate surface area is 445 Å². The number of allylic oxidation sites excluding steroid dienone is 6. The van der Waals surface area contributed by atoms with Gasteiger partial charge < -0.3 is 9.80 Å². The highest BCUT2D eigenvalue weighted by Gasteiger charge is 2.62. The molecule has 2 nitrogen and oxygen atoms in total. The molecule has 0 radical (unpaired) electrons. The van der Waals surface area contributed by atoms with Crippen LogP contribution >= 0.6 is 0 Å². The van der Waals surface area contributed by atoms with E-state index in [1.165, 1.54) is 101 Å². The van der Waals surface area contributed by atoms with Crippen molar-refractivity contribution in [1.82, 2.24) is 0 Å². The average Bonchev–Trinajstić information content (AvgIpc) is 4.03. The Hall–Kier alpha value is -8.98. The predicted molar refractivity (Wildman–Crippen MR) is 314 cm³/mol. The normalized spacial score (nSPS) is 20.3. The van der Waals surface area contributed by atoms with E-state index in [-0.39, 0.29) is 5.92 Å². The Balaban J connectivity index is 0.982. The summed E-state index contributed by atoms with van der Waals surface area (Å²) in [4.78, 5) is 5.16. The minimum Gasteiger partial charge on any atom is -0.314 e. The molecule has 360 valence electrons. The number of benzene rings is 10. The Morgan fingerprint density at radius 3 is 1.55 bits per heavy atom. The molecule has 4 atom stereocenters. The second-order valence-corrected chi connectivity index (χ2v) is 21.8. The molecule has 2 heteroatoms. The lowest BCUT2D eigenvalue weighted by Crippen LogP contribution is -2.32. The summed E-state index contributed by atoms with van der Waals surface area (Å²) in [5.74, 6) is 1.18. The van der Waals surface area contributed by atoms with E-state index < -0.39 is 10.8 Å². The molecule has 0 bridgehead atoms. The molecule has 6 aliphatic carbocycles. The van der Waals surface area contributed by atoms with E-state index in [1.54, 1.807) is 5.57 Å². The van der Waals surface area contributed by atoms with E-state index in [2.05, 4.69) is 284 Å². The summed E-state index contributed by atoms with van der Waals surface area (Å²) in [6, 6.07) is 98.4. The lowest BCUT2D eigenvalue weighted by Gasteiger charge is -2.41. The van der Waals surface area contributed by atoms with Gasteiger partial charge in [0.25, 0.3) is 0 Å². The molecule has 1 spiro atoms. The molecule has 0 aromatic heterocycles. The van der Waals surface area contributed by atoms with E-state index >= 15 is 0 Å². The number of hydrogen-bond donors (Lipinski definition) is 0. The molecular weight excluding hydrogens is 917 g/mol. The maximum atomic E-state index is 2.69. The molecule has 0 heterocycles. The molecule has 0 N–H and O–H groups in total. The van der Waals surface area contributed by atoms with Crippen molar-refractivity contribution in [3.05, 3.63) is 334 Å². The summed E-state index contributed by atoms with van der Waals surface area (Å²) in [7, 11) is 0. The van der Waals surface area contributed by atoms with Gasteiger partial charge in [0, 0.05) is 39.9 Å². The molecule has 1 fully saturated rings. The van der Waals surface area contributed by atoms with Gasteiger partial charge in [0.15, 0.2) is 0 Å². The number of nitrogens with zero attached hydrogens (tertiary/aromatic N) is 2. The summed E-state index contributed by atoms with van der Waals surface area (Å²) in [6.45, 7) is 2.47. The van der Waals surface area contributed by atoms with Gasteiger partial charge in [-0.05, 0) is 169 Å². The monoisotopic (exact) mass is 970 g/mol. The minimum atomic E-state index is -0.609. The van der Waals surface area contributed by atoms with Gasteiger partial charge in [-0.3, -0.25) is 0 Å². The lowest BCUT2D eigenvalue weighted by atomic mass is 9.64. The van der Waals surface area contributed by atoms with Gasteiger partial charge in [0.1, 0.15) is 0 Å². The van der Waals surface area contributed by atoms with Crippen LogP contribution in [0.4, 0.5) is 28.4 Å². The molecule has 0 aliphatic heterocycles. The number of anilines is 5. The molecule has 4 unspecified atom stereocenters. The standard InChI is InChI=1S/C74H54N2/c1-48-44-62-57-36-20-22-40-65(57)74(71-60(70-63-46-61(63)55-34-17-18-37-59(55)72(70)74)38-23-41-68(71)75(51-28-11-4-12-29-51)52-30-13-5-14-31-52)67(62)47-69(48)76(53-32-15-6-16-33-53)54-42-43-58-56-35-19-21-39-64(56)73(66(58)45-54,49-24-7-2-8-25-49)50-26-9-3-10-27-50/h2-43,45,47-48,61,63H,44,46H2,1H3. The van der Waals surface area contributed by atoms with Crippen molar-refractivity contribution in [2.45, 2.75) is 36.5 Å². The minimum absolute atomic E-state index is 0.182. The van der Waals surface area contributed by atoms with E-state index in [1.807, 2.05) is 0 Å². The first-order valence-electron chi connectivity index (χ1n) is 27.3. The number of para-hydroxylation sites is 3. The zero-order valence-corrected chi connectivity index (χ0v) is 42.4. The first kappa shape index (κ1) is 43.4. The Morgan fingerprint density at radius 1 is 0.395 bits per heavy atom. The van der Waals surface area contributed by atoms with Crippen LogP contribution in [-0.2, 0) is 10.8 Å². The molecular formula is C74H54N2. The molecule has 10 aromatic rings. The van der Waals surface area contributed by atoms with Gasteiger partial charge >= 0.3 is 0 Å². The fourth-order valence-corrected chi connectivity index (χ4v) is 15.2. The van der Waals surface area contributed by atoms with Crippen LogP contribution in [0.1, 0.15) is 81.3 Å². The Bertz CT molecular complexity index is 4000. The average molecular weight is 971 g/mol. The number of rotatable bonds is 8. The molecule has 0 saturated heterocycles. The van der Waals surface area contributed by atoms with Crippen molar-refractivity contribution in [3.8, 4) is 11.1 Å². The van der Waals surface area contributed by atoms with Gasteiger partial charge in [0.2, 0.25) is 0 Å². The van der Waals surface area contributed by atoms with Crippen molar-refractivity contribution >= 4 is 45.2 Å². The van der Waals surface area contributed by atoms with E-state index in [9.17, 15) is 0 Å². The molecule has 10 aromatic carbocycles. The van der Waals surface area contributed by atoms with Crippen LogP contribution < -0.4 is 9.80 Å². The van der Waals surface area contributed by atoms with Crippen molar-refractivity contribution in [2.24, 2.45) is 11.8 Å². The third-order valence-corrected chi connectivity index (χ3v) is 18.1. The van der Waals surface area contributed by atoms with Crippen LogP contribution in [0, 0.1) is 11.8 Å². The Morgan fingerprint density at radius 2 is 0.908 bits per heavy atom. The molecule has 0 amide bonds. The summed E-state index contributed by atoms with van der Waals surface area (Å²) in [5.41, 5.74) is 28.2. The molecule has 76 heavy (non-hydrogen) atoms. The van der Waals surface area contributed by atoms with E-state index in [0.29, 0.717) is 11.8 Å². The fraction of sp³-hybridized carbons (Fsp3) is 0.108. The first-order chi connectivity index (χ1) is 37.7. The van der Waals surface area contributed by atoms with Crippen LogP contribution in [0.3, 0.4) is 0 Å². The van der Waals surface area contributed by atoms with Gasteiger partial charge in [-0.15, -0.1) is 0 Å².